The van der Waals surface area contributed by atoms with Crippen LogP contribution in [0.1, 0.15) is 37.6 Å². The van der Waals surface area contributed by atoms with Gasteiger partial charge in [0.05, 0.1) is 24.8 Å². The van der Waals surface area contributed by atoms with Crippen molar-refractivity contribution >= 4 is 34.4 Å². The topological polar surface area (TPSA) is 111 Å². The van der Waals surface area contributed by atoms with Crippen molar-refractivity contribution < 1.29 is 19.0 Å². The summed E-state index contributed by atoms with van der Waals surface area (Å²) in [5, 5.41) is 4.34. The van der Waals surface area contributed by atoms with Crippen LogP contribution < -0.4 is 10.1 Å². The van der Waals surface area contributed by atoms with E-state index < -0.39 is 5.60 Å². The SMILES string of the molecule is Cc1ccc(Oc2ccc(Nc3ncnc4ccc(CC5=NC6CN(C(=O)OC(C)(C)C)CC6O5)cc34)cc2C)cn1. The average molecular weight is 567 g/mol. The number of carbonyl (C=O) groups is 1. The van der Waals surface area contributed by atoms with E-state index in [4.69, 9.17) is 19.2 Å². The molecule has 6 rings (SSSR count). The first-order valence-corrected chi connectivity index (χ1v) is 14.0. The summed E-state index contributed by atoms with van der Waals surface area (Å²) in [5.41, 5.74) is 4.14. The fraction of sp³-hybridized carbons (Fsp3) is 0.344. The zero-order valence-corrected chi connectivity index (χ0v) is 24.4. The molecule has 2 aliphatic heterocycles. The number of hydrogen-bond acceptors (Lipinski definition) is 9. The molecule has 1 N–H and O–H groups in total. The van der Waals surface area contributed by atoms with Crippen molar-refractivity contribution in [3.63, 3.8) is 0 Å². The number of aryl methyl sites for hydroxylation is 2. The van der Waals surface area contributed by atoms with Gasteiger partial charge in [-0.15, -0.1) is 0 Å². The summed E-state index contributed by atoms with van der Waals surface area (Å²) in [4.78, 5) is 32.2. The van der Waals surface area contributed by atoms with Gasteiger partial charge in [-0.25, -0.2) is 19.8 Å². The quantitative estimate of drug-likeness (QED) is 0.296. The Morgan fingerprint density at radius 1 is 1.05 bits per heavy atom. The molecule has 42 heavy (non-hydrogen) atoms. The van der Waals surface area contributed by atoms with E-state index >= 15 is 0 Å². The normalized spacial score (nSPS) is 17.9. The van der Waals surface area contributed by atoms with Gasteiger partial charge < -0.3 is 24.4 Å². The Morgan fingerprint density at radius 3 is 2.64 bits per heavy atom. The summed E-state index contributed by atoms with van der Waals surface area (Å²) < 4.78 is 17.7. The first-order chi connectivity index (χ1) is 20.1. The van der Waals surface area contributed by atoms with Gasteiger partial charge >= 0.3 is 6.09 Å². The predicted molar refractivity (Wildman–Crippen MR) is 161 cm³/mol. The predicted octanol–water partition coefficient (Wildman–Crippen LogP) is 6.14. The third kappa shape index (κ3) is 6.12. The molecule has 4 aromatic rings. The highest BCUT2D eigenvalue weighted by atomic mass is 16.6. The van der Waals surface area contributed by atoms with E-state index in [1.54, 1.807) is 17.4 Å². The average Bonchev–Trinajstić information content (AvgIpc) is 3.50. The molecule has 0 radical (unpaired) electrons. The van der Waals surface area contributed by atoms with Crippen LogP contribution in [0.5, 0.6) is 11.5 Å². The molecule has 2 aromatic heterocycles. The number of aliphatic imine (C=N–C) groups is 1. The number of rotatable bonds is 6. The highest BCUT2D eigenvalue weighted by molar-refractivity contribution is 5.92. The molecule has 4 heterocycles. The second-order valence-corrected chi connectivity index (χ2v) is 11.7. The fourth-order valence-corrected chi connectivity index (χ4v) is 5.06. The van der Waals surface area contributed by atoms with E-state index in [2.05, 4.69) is 26.3 Å². The second-order valence-electron chi connectivity index (χ2n) is 11.7. The highest BCUT2D eigenvalue weighted by Gasteiger charge is 2.42. The third-order valence-electron chi connectivity index (χ3n) is 7.09. The molecule has 1 amide bonds. The van der Waals surface area contributed by atoms with Gasteiger partial charge in [0.1, 0.15) is 41.4 Å². The molecule has 2 atom stereocenters. The lowest BCUT2D eigenvalue weighted by Crippen LogP contribution is -2.36. The number of anilines is 2. The highest BCUT2D eigenvalue weighted by Crippen LogP contribution is 2.31. The summed E-state index contributed by atoms with van der Waals surface area (Å²) >= 11 is 0. The number of benzene rings is 2. The summed E-state index contributed by atoms with van der Waals surface area (Å²) in [6, 6.07) is 15.8. The number of pyridine rings is 1. The number of hydrogen-bond donors (Lipinski definition) is 1. The lowest BCUT2D eigenvalue weighted by molar-refractivity contribution is 0.0271. The van der Waals surface area contributed by atoms with Crippen molar-refractivity contribution in [1.29, 1.82) is 0 Å². The van der Waals surface area contributed by atoms with Crippen LogP contribution in [0, 0.1) is 13.8 Å². The maximum atomic E-state index is 12.4. The number of aromatic nitrogens is 3. The van der Waals surface area contributed by atoms with Gasteiger partial charge in [0.15, 0.2) is 5.90 Å². The number of amides is 1. The fourth-order valence-electron chi connectivity index (χ4n) is 5.06. The van der Waals surface area contributed by atoms with E-state index in [0.29, 0.717) is 37.0 Å². The molecule has 216 valence electrons. The molecule has 2 unspecified atom stereocenters. The molecule has 2 aromatic carbocycles. The smallest absolute Gasteiger partial charge is 0.410 e. The van der Waals surface area contributed by atoms with Crippen LogP contribution in [0.25, 0.3) is 10.9 Å². The number of nitrogens with one attached hydrogen (secondary N) is 1. The molecular weight excluding hydrogens is 532 g/mol. The lowest BCUT2D eigenvalue weighted by Gasteiger charge is -2.24. The minimum Gasteiger partial charge on any atom is -0.473 e. The third-order valence-corrected chi connectivity index (χ3v) is 7.09. The van der Waals surface area contributed by atoms with Crippen LogP contribution >= 0.6 is 0 Å². The van der Waals surface area contributed by atoms with Crippen molar-refractivity contribution in [2.75, 3.05) is 18.4 Å². The maximum absolute atomic E-state index is 12.4. The molecule has 2 aliphatic rings. The second kappa shape index (κ2) is 10.9. The van der Waals surface area contributed by atoms with E-state index in [1.165, 1.54) is 0 Å². The Bertz CT molecular complexity index is 1660. The van der Waals surface area contributed by atoms with Crippen molar-refractivity contribution in [3.8, 4) is 11.5 Å². The Morgan fingerprint density at radius 2 is 1.90 bits per heavy atom. The van der Waals surface area contributed by atoms with Gasteiger partial charge in [-0.05, 0) is 88.2 Å². The van der Waals surface area contributed by atoms with Gasteiger partial charge in [-0.2, -0.15) is 0 Å². The van der Waals surface area contributed by atoms with Gasteiger partial charge in [0.25, 0.3) is 0 Å². The summed E-state index contributed by atoms with van der Waals surface area (Å²) in [6.45, 7) is 10.5. The Kier molecular flexibility index (Phi) is 7.14. The standard InChI is InChI=1S/C32H34N6O4/c1-19-12-22(8-11-27(19)40-23-9-6-20(2)33-15-23)36-30-24-13-21(7-10-25(24)34-18-35-30)14-29-37-26-16-38(17-28(26)41-29)31(39)42-32(3,4)5/h6-13,15,18,26,28H,14,16-17H2,1-5H3,(H,34,35,36). The van der Waals surface area contributed by atoms with Crippen molar-refractivity contribution in [2.45, 2.75) is 58.8 Å². The molecule has 0 spiro atoms. The van der Waals surface area contributed by atoms with Gasteiger partial charge in [0, 0.05) is 23.2 Å². The van der Waals surface area contributed by atoms with Crippen LogP contribution in [0.3, 0.4) is 0 Å². The molecule has 0 saturated carbocycles. The van der Waals surface area contributed by atoms with E-state index in [9.17, 15) is 4.79 Å². The zero-order chi connectivity index (χ0) is 29.4. The first-order valence-electron chi connectivity index (χ1n) is 14.0. The first kappa shape index (κ1) is 27.4. The van der Waals surface area contributed by atoms with Gasteiger partial charge in [-0.3, -0.25) is 4.98 Å². The van der Waals surface area contributed by atoms with Gasteiger partial charge in [0.2, 0.25) is 0 Å². The molecule has 1 saturated heterocycles. The Hall–Kier alpha value is -4.73. The molecule has 1 fully saturated rings. The molecule has 10 nitrogen and oxygen atoms in total. The van der Waals surface area contributed by atoms with Crippen LogP contribution in [0.4, 0.5) is 16.3 Å². The molecular formula is C32H34N6O4. The number of likely N-dealkylation sites (tertiary alicyclic amines) is 1. The minimum absolute atomic E-state index is 0.0778. The van der Waals surface area contributed by atoms with E-state index in [0.717, 1.165) is 39.2 Å². The van der Waals surface area contributed by atoms with Crippen LogP contribution in [0.2, 0.25) is 0 Å². The molecule has 10 heteroatoms. The monoisotopic (exact) mass is 566 g/mol. The zero-order valence-electron chi connectivity index (χ0n) is 24.4. The summed E-state index contributed by atoms with van der Waals surface area (Å²) in [6.07, 6.45) is 3.35. The molecule has 0 aliphatic carbocycles. The minimum atomic E-state index is -0.534. The van der Waals surface area contributed by atoms with Crippen LogP contribution in [-0.4, -0.2) is 62.7 Å². The number of carbonyl (C=O) groups excluding carboxylic acids is 1. The van der Waals surface area contributed by atoms with Crippen molar-refractivity contribution in [2.24, 2.45) is 4.99 Å². The summed E-state index contributed by atoms with van der Waals surface area (Å²) in [5.74, 6) is 2.84. The largest absolute Gasteiger partial charge is 0.473 e. The van der Waals surface area contributed by atoms with Crippen molar-refractivity contribution in [1.82, 2.24) is 19.9 Å². The lowest BCUT2D eigenvalue weighted by atomic mass is 10.1. The maximum Gasteiger partial charge on any atom is 0.410 e. The Balaban J connectivity index is 1.14. The number of ether oxygens (including phenoxy) is 3. The number of nitrogens with zero attached hydrogens (tertiary/aromatic N) is 5. The molecule has 0 bridgehead atoms. The van der Waals surface area contributed by atoms with Crippen LogP contribution in [-0.2, 0) is 15.9 Å². The summed E-state index contributed by atoms with van der Waals surface area (Å²) in [7, 11) is 0. The van der Waals surface area contributed by atoms with E-state index in [-0.39, 0.29) is 18.2 Å². The number of fused-ring (bicyclic) bond motifs is 2. The van der Waals surface area contributed by atoms with E-state index in [1.807, 2.05) is 77.1 Å². The Labute approximate surface area is 244 Å². The van der Waals surface area contributed by atoms with Crippen molar-refractivity contribution in [3.05, 3.63) is 77.9 Å². The van der Waals surface area contributed by atoms with Gasteiger partial charge in [-0.1, -0.05) is 6.07 Å². The van der Waals surface area contributed by atoms with Crippen LogP contribution in [0.15, 0.2) is 66.0 Å².